The molecule has 20 heavy (non-hydrogen) atoms. The molecule has 0 radical (unpaired) electrons. The van der Waals surface area contributed by atoms with E-state index in [1.165, 1.54) is 31.5 Å². The van der Waals surface area contributed by atoms with Crippen LogP contribution in [0.3, 0.4) is 0 Å². The minimum atomic E-state index is 0.762. The average Bonchev–Trinajstić information content (AvgIpc) is 2.47. The van der Waals surface area contributed by atoms with E-state index in [2.05, 4.69) is 23.3 Å². The molecule has 0 unspecified atom stereocenters. The lowest BCUT2D eigenvalue weighted by Gasteiger charge is -2.29. The van der Waals surface area contributed by atoms with Crippen molar-refractivity contribution in [2.24, 2.45) is 5.92 Å². The third-order valence-corrected chi connectivity index (χ3v) is 3.96. The third kappa shape index (κ3) is 4.12. The molecule has 1 saturated heterocycles. The maximum atomic E-state index is 5.42. The smallest absolute Gasteiger partial charge is 0.127 e. The van der Waals surface area contributed by atoms with E-state index in [0.29, 0.717) is 0 Å². The van der Waals surface area contributed by atoms with Crippen LogP contribution in [0.4, 0.5) is 0 Å². The molecular formula is C16H26N2O2. The van der Waals surface area contributed by atoms with Crippen LogP contribution in [0.25, 0.3) is 0 Å². The molecule has 1 aromatic carbocycles. The number of benzene rings is 1. The number of methoxy groups -OCH3 is 2. The SMILES string of the molecule is COc1ccc(CNC[C@H]2CCCN(C)C2)c(OC)c1. The normalized spacial score (nSPS) is 19.9. The van der Waals surface area contributed by atoms with Crippen LogP contribution in [-0.4, -0.2) is 45.8 Å². The summed E-state index contributed by atoms with van der Waals surface area (Å²) in [7, 11) is 5.58. The highest BCUT2D eigenvalue weighted by Gasteiger charge is 2.16. The molecule has 0 aromatic heterocycles. The quantitative estimate of drug-likeness (QED) is 0.864. The van der Waals surface area contributed by atoms with Gasteiger partial charge < -0.3 is 19.7 Å². The Hall–Kier alpha value is -1.26. The molecule has 1 fully saturated rings. The van der Waals surface area contributed by atoms with Crippen LogP contribution >= 0.6 is 0 Å². The number of hydrogen-bond acceptors (Lipinski definition) is 4. The predicted molar refractivity (Wildman–Crippen MR) is 81.5 cm³/mol. The molecule has 4 nitrogen and oxygen atoms in total. The average molecular weight is 278 g/mol. The fraction of sp³-hybridized carbons (Fsp3) is 0.625. The zero-order valence-corrected chi connectivity index (χ0v) is 12.8. The molecule has 1 N–H and O–H groups in total. The Kier molecular flexibility index (Phi) is 5.68. The van der Waals surface area contributed by atoms with Gasteiger partial charge in [-0.05, 0) is 45.0 Å². The number of ether oxygens (including phenoxy) is 2. The first kappa shape index (κ1) is 15.1. The summed E-state index contributed by atoms with van der Waals surface area (Å²) in [6.07, 6.45) is 2.64. The fourth-order valence-electron chi connectivity index (χ4n) is 2.85. The Morgan fingerprint density at radius 2 is 2.15 bits per heavy atom. The lowest BCUT2D eigenvalue weighted by Crippen LogP contribution is -2.37. The lowest BCUT2D eigenvalue weighted by molar-refractivity contribution is 0.206. The van der Waals surface area contributed by atoms with Gasteiger partial charge in [-0.3, -0.25) is 0 Å². The van der Waals surface area contributed by atoms with Crippen LogP contribution in [0.15, 0.2) is 18.2 Å². The molecule has 1 heterocycles. The summed E-state index contributed by atoms with van der Waals surface area (Å²) >= 11 is 0. The van der Waals surface area contributed by atoms with E-state index in [4.69, 9.17) is 9.47 Å². The first-order chi connectivity index (χ1) is 9.72. The van der Waals surface area contributed by atoms with E-state index in [1.54, 1.807) is 14.2 Å². The number of nitrogens with zero attached hydrogens (tertiary/aromatic N) is 1. The van der Waals surface area contributed by atoms with Gasteiger partial charge in [0.25, 0.3) is 0 Å². The topological polar surface area (TPSA) is 33.7 Å². The van der Waals surface area contributed by atoms with Crippen LogP contribution in [0.5, 0.6) is 11.5 Å². The van der Waals surface area contributed by atoms with Gasteiger partial charge in [-0.1, -0.05) is 6.07 Å². The molecule has 1 aromatic rings. The summed E-state index contributed by atoms with van der Waals surface area (Å²) in [5.74, 6) is 2.48. The Morgan fingerprint density at radius 3 is 2.85 bits per heavy atom. The van der Waals surface area contributed by atoms with Crippen molar-refractivity contribution in [1.29, 1.82) is 0 Å². The minimum absolute atomic E-state index is 0.762. The van der Waals surface area contributed by atoms with Gasteiger partial charge in [0.1, 0.15) is 11.5 Å². The molecule has 0 saturated carbocycles. The van der Waals surface area contributed by atoms with Crippen LogP contribution in [0.2, 0.25) is 0 Å². The molecule has 0 spiro atoms. The fourth-order valence-corrected chi connectivity index (χ4v) is 2.85. The van der Waals surface area contributed by atoms with E-state index < -0.39 is 0 Å². The Morgan fingerprint density at radius 1 is 1.30 bits per heavy atom. The van der Waals surface area contributed by atoms with E-state index in [-0.39, 0.29) is 0 Å². The number of rotatable bonds is 6. The second-order valence-corrected chi connectivity index (χ2v) is 5.58. The number of hydrogen-bond donors (Lipinski definition) is 1. The van der Waals surface area contributed by atoms with Gasteiger partial charge in [0, 0.05) is 24.7 Å². The Bertz CT molecular complexity index is 423. The van der Waals surface area contributed by atoms with E-state index in [9.17, 15) is 0 Å². The number of likely N-dealkylation sites (tertiary alicyclic amines) is 1. The highest BCUT2D eigenvalue weighted by atomic mass is 16.5. The Labute approximate surface area is 122 Å². The van der Waals surface area contributed by atoms with Crippen molar-refractivity contribution in [2.45, 2.75) is 19.4 Å². The molecule has 0 bridgehead atoms. The van der Waals surface area contributed by atoms with Crippen molar-refractivity contribution in [3.63, 3.8) is 0 Å². The molecule has 0 aliphatic carbocycles. The lowest BCUT2D eigenvalue weighted by atomic mass is 9.98. The van der Waals surface area contributed by atoms with Crippen molar-refractivity contribution in [3.05, 3.63) is 23.8 Å². The molecular weight excluding hydrogens is 252 g/mol. The summed E-state index contributed by atoms with van der Waals surface area (Å²) in [5.41, 5.74) is 1.18. The monoisotopic (exact) mass is 278 g/mol. The summed E-state index contributed by atoms with van der Waals surface area (Å²) in [5, 5.41) is 3.56. The highest BCUT2D eigenvalue weighted by molar-refractivity contribution is 5.40. The highest BCUT2D eigenvalue weighted by Crippen LogP contribution is 2.24. The van der Waals surface area contributed by atoms with E-state index in [1.807, 2.05) is 12.1 Å². The van der Waals surface area contributed by atoms with Gasteiger partial charge >= 0.3 is 0 Å². The largest absolute Gasteiger partial charge is 0.497 e. The van der Waals surface area contributed by atoms with Gasteiger partial charge in [0.2, 0.25) is 0 Å². The molecule has 0 amide bonds. The number of nitrogens with one attached hydrogen (secondary N) is 1. The third-order valence-electron chi connectivity index (χ3n) is 3.96. The second-order valence-electron chi connectivity index (χ2n) is 5.58. The predicted octanol–water partition coefficient (Wildman–Crippen LogP) is 2.14. The van der Waals surface area contributed by atoms with Crippen molar-refractivity contribution >= 4 is 0 Å². The van der Waals surface area contributed by atoms with Crippen LogP contribution in [0.1, 0.15) is 18.4 Å². The van der Waals surface area contributed by atoms with Crippen molar-refractivity contribution in [2.75, 3.05) is 40.9 Å². The maximum absolute atomic E-state index is 5.42. The van der Waals surface area contributed by atoms with Crippen LogP contribution < -0.4 is 14.8 Å². The van der Waals surface area contributed by atoms with Crippen molar-refractivity contribution in [1.82, 2.24) is 10.2 Å². The standard InChI is InChI=1S/C16H26N2O2/c1-18-8-4-5-13(12-18)10-17-11-14-6-7-15(19-2)9-16(14)20-3/h6-7,9,13,17H,4-5,8,10-12H2,1-3H3/t13-/m1/s1. The number of piperidine rings is 1. The van der Waals surface area contributed by atoms with E-state index in [0.717, 1.165) is 30.5 Å². The van der Waals surface area contributed by atoms with Crippen molar-refractivity contribution in [3.8, 4) is 11.5 Å². The maximum Gasteiger partial charge on any atom is 0.127 e. The van der Waals surface area contributed by atoms with E-state index >= 15 is 0 Å². The van der Waals surface area contributed by atoms with Crippen LogP contribution in [-0.2, 0) is 6.54 Å². The van der Waals surface area contributed by atoms with Gasteiger partial charge in [0.05, 0.1) is 14.2 Å². The zero-order valence-electron chi connectivity index (χ0n) is 12.8. The van der Waals surface area contributed by atoms with Gasteiger partial charge in [-0.15, -0.1) is 0 Å². The summed E-state index contributed by atoms with van der Waals surface area (Å²) in [6, 6.07) is 5.98. The van der Waals surface area contributed by atoms with Crippen LogP contribution in [0, 0.1) is 5.92 Å². The summed E-state index contributed by atoms with van der Waals surface area (Å²) < 4.78 is 10.6. The second kappa shape index (κ2) is 7.50. The molecule has 2 rings (SSSR count). The van der Waals surface area contributed by atoms with Gasteiger partial charge in [0.15, 0.2) is 0 Å². The summed E-state index contributed by atoms with van der Waals surface area (Å²) in [6.45, 7) is 4.35. The first-order valence-corrected chi connectivity index (χ1v) is 7.33. The molecule has 1 atom stereocenters. The van der Waals surface area contributed by atoms with Gasteiger partial charge in [-0.25, -0.2) is 0 Å². The van der Waals surface area contributed by atoms with Gasteiger partial charge in [-0.2, -0.15) is 0 Å². The Balaban J connectivity index is 1.84. The molecule has 4 heteroatoms. The molecule has 112 valence electrons. The summed E-state index contributed by atoms with van der Waals surface area (Å²) in [4.78, 5) is 2.42. The molecule has 1 aliphatic heterocycles. The zero-order chi connectivity index (χ0) is 14.4. The minimum Gasteiger partial charge on any atom is -0.497 e. The van der Waals surface area contributed by atoms with Crippen molar-refractivity contribution < 1.29 is 9.47 Å². The molecule has 1 aliphatic rings. The first-order valence-electron chi connectivity index (χ1n) is 7.33.